The summed E-state index contributed by atoms with van der Waals surface area (Å²) in [5.41, 5.74) is 0. The summed E-state index contributed by atoms with van der Waals surface area (Å²) >= 11 is 3.50. The van der Waals surface area contributed by atoms with E-state index in [1.807, 2.05) is 30.8 Å². The third kappa shape index (κ3) is 3.06. The predicted molar refractivity (Wildman–Crippen MR) is 65.9 cm³/mol. The van der Waals surface area contributed by atoms with E-state index >= 15 is 0 Å². The molecule has 15 heavy (non-hydrogen) atoms. The summed E-state index contributed by atoms with van der Waals surface area (Å²) < 4.78 is 1.09. The molecule has 1 fully saturated rings. The summed E-state index contributed by atoms with van der Waals surface area (Å²) in [6.45, 7) is 2.39. The number of hydrogen-bond acceptors (Lipinski definition) is 6. The molecular formula is C9H16N4S2. The Morgan fingerprint density at radius 1 is 1.47 bits per heavy atom. The van der Waals surface area contributed by atoms with Crippen LogP contribution < -0.4 is 10.2 Å². The van der Waals surface area contributed by atoms with Crippen molar-refractivity contribution in [2.24, 2.45) is 5.92 Å². The maximum atomic E-state index is 4.15. The smallest absolute Gasteiger partial charge is 0.208 e. The van der Waals surface area contributed by atoms with E-state index in [0.717, 1.165) is 21.1 Å². The average molecular weight is 244 g/mol. The van der Waals surface area contributed by atoms with Crippen LogP contribution in [0.15, 0.2) is 4.34 Å². The summed E-state index contributed by atoms with van der Waals surface area (Å²) in [5.74, 6) is 2.05. The van der Waals surface area contributed by atoms with E-state index in [4.69, 9.17) is 0 Å². The van der Waals surface area contributed by atoms with Crippen molar-refractivity contribution < 1.29 is 0 Å². The lowest BCUT2D eigenvalue weighted by molar-refractivity contribution is 0.341. The van der Waals surface area contributed by atoms with E-state index in [9.17, 15) is 0 Å². The highest BCUT2D eigenvalue weighted by Crippen LogP contribution is 2.28. The molecular weight excluding hydrogens is 228 g/mol. The van der Waals surface area contributed by atoms with Crippen molar-refractivity contribution in [3.05, 3.63) is 0 Å². The molecule has 1 aliphatic heterocycles. The first-order valence-corrected chi connectivity index (χ1v) is 6.90. The van der Waals surface area contributed by atoms with Gasteiger partial charge >= 0.3 is 0 Å². The van der Waals surface area contributed by atoms with Crippen LogP contribution in [-0.2, 0) is 0 Å². The van der Waals surface area contributed by atoms with Gasteiger partial charge in [0.25, 0.3) is 0 Å². The van der Waals surface area contributed by atoms with Gasteiger partial charge in [0, 0.05) is 19.8 Å². The summed E-state index contributed by atoms with van der Waals surface area (Å²) in [6.07, 6.45) is 1.29. The van der Waals surface area contributed by atoms with Crippen molar-refractivity contribution in [3.8, 4) is 0 Å². The Labute approximate surface area is 98.5 Å². The Bertz CT molecular complexity index is 309. The molecule has 0 atom stereocenters. The number of anilines is 1. The van der Waals surface area contributed by atoms with Crippen LogP contribution in [-0.4, -0.2) is 43.1 Å². The second kappa shape index (κ2) is 5.14. The van der Waals surface area contributed by atoms with Crippen LogP contribution in [0.1, 0.15) is 6.42 Å². The maximum Gasteiger partial charge on any atom is 0.208 e. The minimum atomic E-state index is 0.888. The van der Waals surface area contributed by atoms with Crippen LogP contribution in [0.4, 0.5) is 5.13 Å². The molecule has 1 aromatic rings. The van der Waals surface area contributed by atoms with Crippen LogP contribution in [0, 0.1) is 5.92 Å². The van der Waals surface area contributed by atoms with Gasteiger partial charge in [-0.25, -0.2) is 0 Å². The Kier molecular flexibility index (Phi) is 3.82. The van der Waals surface area contributed by atoms with Gasteiger partial charge in [0.1, 0.15) is 0 Å². The van der Waals surface area contributed by atoms with Crippen LogP contribution >= 0.6 is 23.1 Å². The number of hydrogen-bond donors (Lipinski definition) is 1. The van der Waals surface area contributed by atoms with E-state index in [1.165, 1.54) is 19.5 Å². The van der Waals surface area contributed by atoms with Crippen molar-refractivity contribution in [1.82, 2.24) is 15.5 Å². The van der Waals surface area contributed by atoms with E-state index in [1.54, 1.807) is 11.3 Å². The molecule has 0 spiro atoms. The lowest BCUT2D eigenvalue weighted by atomic mass is 10.0. The molecule has 0 aromatic carbocycles. The van der Waals surface area contributed by atoms with Gasteiger partial charge in [-0.15, -0.1) is 10.2 Å². The molecule has 1 aromatic heterocycles. The van der Waals surface area contributed by atoms with Crippen LogP contribution in [0.25, 0.3) is 0 Å². The minimum Gasteiger partial charge on any atom is -0.353 e. The normalized spacial score (nSPS) is 16.4. The number of nitrogens with zero attached hydrogens (tertiary/aromatic N) is 3. The summed E-state index contributed by atoms with van der Waals surface area (Å²) in [5, 5.41) is 12.5. The Hall–Kier alpha value is -0.330. The highest BCUT2D eigenvalue weighted by Gasteiger charge is 2.16. The van der Waals surface area contributed by atoms with Gasteiger partial charge in [0.2, 0.25) is 5.13 Å². The molecule has 6 heteroatoms. The quantitative estimate of drug-likeness (QED) is 0.791. The topological polar surface area (TPSA) is 41.1 Å². The first-order valence-electron chi connectivity index (χ1n) is 5.10. The zero-order valence-electron chi connectivity index (χ0n) is 9.06. The molecule has 0 amide bonds. The largest absolute Gasteiger partial charge is 0.353 e. The second-order valence-electron chi connectivity index (χ2n) is 3.91. The predicted octanol–water partition coefficient (Wildman–Crippen LogP) is 1.31. The van der Waals surface area contributed by atoms with Gasteiger partial charge in [-0.3, -0.25) is 0 Å². The Morgan fingerprint density at radius 3 is 2.80 bits per heavy atom. The molecule has 0 radical (unpaired) electrons. The molecule has 2 rings (SSSR count). The van der Waals surface area contributed by atoms with Crippen LogP contribution in [0.3, 0.4) is 0 Å². The average Bonchev–Trinajstić information content (AvgIpc) is 2.57. The van der Waals surface area contributed by atoms with Crippen LogP contribution in [0.2, 0.25) is 0 Å². The summed E-state index contributed by atoms with van der Waals surface area (Å²) in [7, 11) is 3.99. The van der Waals surface area contributed by atoms with Gasteiger partial charge in [0.05, 0.1) is 0 Å². The monoisotopic (exact) mass is 244 g/mol. The molecule has 2 heterocycles. The number of nitrogens with one attached hydrogen (secondary N) is 1. The zero-order valence-corrected chi connectivity index (χ0v) is 10.7. The third-order valence-corrected chi connectivity index (χ3v) is 4.65. The van der Waals surface area contributed by atoms with Crippen molar-refractivity contribution in [3.63, 3.8) is 0 Å². The Balaban J connectivity index is 1.72. The van der Waals surface area contributed by atoms with Gasteiger partial charge < -0.3 is 10.2 Å². The molecule has 84 valence electrons. The molecule has 0 unspecified atom stereocenters. The summed E-state index contributed by atoms with van der Waals surface area (Å²) in [6, 6.07) is 0. The van der Waals surface area contributed by atoms with Crippen molar-refractivity contribution in [2.45, 2.75) is 10.8 Å². The van der Waals surface area contributed by atoms with Crippen LogP contribution in [0.5, 0.6) is 0 Å². The number of rotatable bonds is 5. The number of thioether (sulfide) groups is 1. The van der Waals surface area contributed by atoms with E-state index < -0.39 is 0 Å². The second-order valence-corrected chi connectivity index (χ2v) is 6.20. The standard InChI is InChI=1S/C9H16N4S2/c1-13(2)8-11-12-9(15-8)14-4-3-7-5-10-6-7/h7,10H,3-6H2,1-2H3. The molecule has 0 saturated carbocycles. The van der Waals surface area contributed by atoms with E-state index in [2.05, 4.69) is 15.5 Å². The van der Waals surface area contributed by atoms with Gasteiger partial charge in [0.15, 0.2) is 4.34 Å². The van der Waals surface area contributed by atoms with Gasteiger partial charge in [-0.05, 0) is 25.4 Å². The SMILES string of the molecule is CN(C)c1nnc(SCCC2CNC2)s1. The first kappa shape index (κ1) is 11.2. The van der Waals surface area contributed by atoms with Crippen molar-refractivity contribution in [2.75, 3.05) is 37.8 Å². The lowest BCUT2D eigenvalue weighted by Gasteiger charge is -2.26. The highest BCUT2D eigenvalue weighted by molar-refractivity contribution is 8.01. The fourth-order valence-corrected chi connectivity index (χ4v) is 3.24. The number of aromatic nitrogens is 2. The minimum absolute atomic E-state index is 0.888. The molecule has 0 bridgehead atoms. The van der Waals surface area contributed by atoms with E-state index in [0.29, 0.717) is 0 Å². The first-order chi connectivity index (χ1) is 7.25. The van der Waals surface area contributed by atoms with E-state index in [-0.39, 0.29) is 0 Å². The fourth-order valence-electron chi connectivity index (χ4n) is 1.31. The molecule has 4 nitrogen and oxygen atoms in total. The molecule has 0 aliphatic carbocycles. The highest BCUT2D eigenvalue weighted by atomic mass is 32.2. The Morgan fingerprint density at radius 2 is 2.27 bits per heavy atom. The van der Waals surface area contributed by atoms with Gasteiger partial charge in [-0.1, -0.05) is 23.1 Å². The molecule has 1 aliphatic rings. The zero-order chi connectivity index (χ0) is 10.7. The molecule has 1 saturated heterocycles. The molecule has 1 N–H and O–H groups in total. The summed E-state index contributed by atoms with van der Waals surface area (Å²) in [4.78, 5) is 2.00. The lowest BCUT2D eigenvalue weighted by Crippen LogP contribution is -2.42. The third-order valence-electron chi connectivity index (χ3n) is 2.40. The van der Waals surface area contributed by atoms with Crippen molar-refractivity contribution >= 4 is 28.2 Å². The maximum absolute atomic E-state index is 4.15. The van der Waals surface area contributed by atoms with Crippen molar-refractivity contribution in [1.29, 1.82) is 0 Å². The fraction of sp³-hybridized carbons (Fsp3) is 0.778. The van der Waals surface area contributed by atoms with Gasteiger partial charge in [-0.2, -0.15) is 0 Å².